The SMILES string of the molecule is NCCC(=O)c1onc2cc(Br)ccc12. The van der Waals surface area contributed by atoms with E-state index in [1.165, 1.54) is 0 Å². The molecule has 4 nitrogen and oxygen atoms in total. The normalized spacial score (nSPS) is 10.8. The minimum atomic E-state index is -0.109. The summed E-state index contributed by atoms with van der Waals surface area (Å²) in [7, 11) is 0. The van der Waals surface area contributed by atoms with E-state index in [-0.39, 0.29) is 12.2 Å². The maximum absolute atomic E-state index is 11.6. The lowest BCUT2D eigenvalue weighted by Crippen LogP contribution is -2.07. The van der Waals surface area contributed by atoms with Gasteiger partial charge in [-0.2, -0.15) is 0 Å². The molecule has 0 saturated carbocycles. The first kappa shape index (κ1) is 10.3. The van der Waals surface area contributed by atoms with Gasteiger partial charge in [0.05, 0.1) is 5.39 Å². The largest absolute Gasteiger partial charge is 0.352 e. The number of carbonyl (C=O) groups is 1. The van der Waals surface area contributed by atoms with Crippen LogP contribution in [0.1, 0.15) is 17.0 Å². The van der Waals surface area contributed by atoms with Gasteiger partial charge in [-0.1, -0.05) is 21.1 Å². The van der Waals surface area contributed by atoms with Crippen LogP contribution in [-0.4, -0.2) is 17.5 Å². The number of rotatable bonds is 3. The standard InChI is InChI=1S/C10H9BrN2O2/c11-6-1-2-7-8(5-6)13-15-10(7)9(14)3-4-12/h1-2,5H,3-4,12H2. The third-order valence-corrected chi connectivity index (χ3v) is 2.56. The summed E-state index contributed by atoms with van der Waals surface area (Å²) in [4.78, 5) is 11.6. The van der Waals surface area contributed by atoms with Gasteiger partial charge in [-0.25, -0.2) is 0 Å². The molecule has 2 N–H and O–H groups in total. The average Bonchev–Trinajstić information content (AvgIpc) is 2.60. The van der Waals surface area contributed by atoms with Crippen LogP contribution in [-0.2, 0) is 0 Å². The number of halogens is 1. The van der Waals surface area contributed by atoms with Crippen LogP contribution >= 0.6 is 15.9 Å². The van der Waals surface area contributed by atoms with Crippen LogP contribution < -0.4 is 5.73 Å². The van der Waals surface area contributed by atoms with E-state index in [0.717, 1.165) is 9.86 Å². The van der Waals surface area contributed by atoms with Crippen molar-refractivity contribution in [2.45, 2.75) is 6.42 Å². The molecule has 0 saturated heterocycles. The second kappa shape index (κ2) is 4.12. The van der Waals surface area contributed by atoms with Crippen LogP contribution in [0, 0.1) is 0 Å². The number of nitrogens with zero attached hydrogens (tertiary/aromatic N) is 1. The van der Waals surface area contributed by atoms with E-state index in [0.29, 0.717) is 17.8 Å². The molecule has 1 heterocycles. The lowest BCUT2D eigenvalue weighted by molar-refractivity contribution is 0.0952. The fourth-order valence-corrected chi connectivity index (χ4v) is 1.71. The molecule has 0 spiro atoms. The van der Waals surface area contributed by atoms with E-state index in [4.69, 9.17) is 10.3 Å². The Morgan fingerprint density at radius 3 is 3.07 bits per heavy atom. The fraction of sp³-hybridized carbons (Fsp3) is 0.200. The Kier molecular flexibility index (Phi) is 2.83. The van der Waals surface area contributed by atoms with Crippen LogP contribution in [0.15, 0.2) is 27.2 Å². The molecule has 1 aromatic heterocycles. The van der Waals surface area contributed by atoms with Gasteiger partial charge < -0.3 is 10.3 Å². The number of benzene rings is 1. The zero-order valence-corrected chi connectivity index (χ0v) is 9.45. The summed E-state index contributed by atoms with van der Waals surface area (Å²) >= 11 is 3.32. The molecule has 0 bridgehead atoms. The quantitative estimate of drug-likeness (QED) is 0.866. The Balaban J connectivity index is 2.49. The average molecular weight is 269 g/mol. The third-order valence-electron chi connectivity index (χ3n) is 2.06. The lowest BCUT2D eigenvalue weighted by Gasteiger charge is -1.93. The molecule has 0 aliphatic rings. The zero-order chi connectivity index (χ0) is 10.8. The molecule has 1 aromatic carbocycles. The molecule has 78 valence electrons. The minimum absolute atomic E-state index is 0.109. The van der Waals surface area contributed by atoms with Crippen LogP contribution in [0.4, 0.5) is 0 Å². The summed E-state index contributed by atoms with van der Waals surface area (Å²) in [5.74, 6) is 0.185. The van der Waals surface area contributed by atoms with Gasteiger partial charge in [0, 0.05) is 10.9 Å². The van der Waals surface area contributed by atoms with E-state index in [9.17, 15) is 4.79 Å². The van der Waals surface area contributed by atoms with Crippen molar-refractivity contribution in [1.82, 2.24) is 5.16 Å². The van der Waals surface area contributed by atoms with Crippen molar-refractivity contribution in [2.75, 3.05) is 6.54 Å². The maximum atomic E-state index is 11.6. The van der Waals surface area contributed by atoms with Crippen molar-refractivity contribution in [3.05, 3.63) is 28.4 Å². The van der Waals surface area contributed by atoms with Gasteiger partial charge in [-0.05, 0) is 24.7 Å². The molecule has 2 rings (SSSR count). The van der Waals surface area contributed by atoms with E-state index < -0.39 is 0 Å². The first-order valence-electron chi connectivity index (χ1n) is 4.50. The predicted octanol–water partition coefficient (Wildman–Crippen LogP) is 2.12. The van der Waals surface area contributed by atoms with Gasteiger partial charge >= 0.3 is 0 Å². The molecular weight excluding hydrogens is 260 g/mol. The van der Waals surface area contributed by atoms with Crippen LogP contribution in [0.2, 0.25) is 0 Å². The number of carbonyl (C=O) groups excluding carboxylic acids is 1. The molecule has 0 aliphatic carbocycles. The van der Waals surface area contributed by atoms with Gasteiger partial charge in [0.15, 0.2) is 0 Å². The Labute approximate surface area is 94.5 Å². The first-order valence-corrected chi connectivity index (χ1v) is 5.30. The molecule has 0 fully saturated rings. The van der Waals surface area contributed by atoms with Crippen molar-refractivity contribution < 1.29 is 9.32 Å². The zero-order valence-electron chi connectivity index (χ0n) is 7.87. The third kappa shape index (κ3) is 1.93. The van der Waals surface area contributed by atoms with Gasteiger partial charge in [0.1, 0.15) is 5.52 Å². The molecule has 0 aliphatic heterocycles. The predicted molar refractivity (Wildman–Crippen MR) is 59.7 cm³/mol. The Morgan fingerprint density at radius 1 is 1.53 bits per heavy atom. The Morgan fingerprint density at radius 2 is 2.33 bits per heavy atom. The summed E-state index contributed by atoms with van der Waals surface area (Å²) in [6.45, 7) is 0.317. The topological polar surface area (TPSA) is 69.1 Å². The van der Waals surface area contributed by atoms with Crippen LogP contribution in [0.3, 0.4) is 0 Å². The molecule has 15 heavy (non-hydrogen) atoms. The van der Waals surface area contributed by atoms with Crippen LogP contribution in [0.25, 0.3) is 10.9 Å². The van der Waals surface area contributed by atoms with Gasteiger partial charge in [-0.3, -0.25) is 4.79 Å². The number of nitrogens with two attached hydrogens (primary N) is 1. The Bertz CT molecular complexity index is 507. The molecular formula is C10H9BrN2O2. The second-order valence-corrected chi connectivity index (χ2v) is 4.05. The fourth-order valence-electron chi connectivity index (χ4n) is 1.36. The van der Waals surface area contributed by atoms with E-state index in [1.807, 2.05) is 6.07 Å². The second-order valence-electron chi connectivity index (χ2n) is 3.14. The highest BCUT2D eigenvalue weighted by atomic mass is 79.9. The molecule has 0 atom stereocenters. The van der Waals surface area contributed by atoms with Gasteiger partial charge in [0.2, 0.25) is 11.5 Å². The molecule has 2 aromatic rings. The maximum Gasteiger partial charge on any atom is 0.210 e. The molecule has 0 unspecified atom stereocenters. The highest BCUT2D eigenvalue weighted by Crippen LogP contribution is 2.23. The number of hydrogen-bond donors (Lipinski definition) is 1. The summed E-state index contributed by atoms with van der Waals surface area (Å²) in [6.07, 6.45) is 0.278. The molecule has 0 radical (unpaired) electrons. The van der Waals surface area contributed by atoms with Crippen molar-refractivity contribution in [3.63, 3.8) is 0 Å². The molecule has 0 amide bonds. The molecule has 5 heteroatoms. The van der Waals surface area contributed by atoms with E-state index in [2.05, 4.69) is 21.1 Å². The summed E-state index contributed by atoms with van der Waals surface area (Å²) in [5.41, 5.74) is 5.98. The Hall–Kier alpha value is -1.20. The van der Waals surface area contributed by atoms with E-state index >= 15 is 0 Å². The number of fused-ring (bicyclic) bond motifs is 1. The highest BCUT2D eigenvalue weighted by Gasteiger charge is 2.15. The smallest absolute Gasteiger partial charge is 0.210 e. The number of ketones is 1. The highest BCUT2D eigenvalue weighted by molar-refractivity contribution is 9.10. The van der Waals surface area contributed by atoms with Crippen molar-refractivity contribution in [3.8, 4) is 0 Å². The van der Waals surface area contributed by atoms with Gasteiger partial charge in [-0.15, -0.1) is 0 Å². The number of aromatic nitrogens is 1. The van der Waals surface area contributed by atoms with E-state index in [1.54, 1.807) is 12.1 Å². The van der Waals surface area contributed by atoms with Crippen LogP contribution in [0.5, 0.6) is 0 Å². The summed E-state index contributed by atoms with van der Waals surface area (Å²) in [5, 5.41) is 4.55. The lowest BCUT2D eigenvalue weighted by atomic mass is 10.1. The minimum Gasteiger partial charge on any atom is -0.352 e. The number of Topliss-reactive ketones (excluding diaryl/α,β-unsaturated/α-hetero) is 1. The summed E-state index contributed by atoms with van der Waals surface area (Å²) < 4.78 is 5.91. The van der Waals surface area contributed by atoms with Gasteiger partial charge in [0.25, 0.3) is 0 Å². The number of hydrogen-bond acceptors (Lipinski definition) is 4. The van der Waals surface area contributed by atoms with Crippen molar-refractivity contribution in [1.29, 1.82) is 0 Å². The van der Waals surface area contributed by atoms with Crippen molar-refractivity contribution >= 4 is 32.6 Å². The monoisotopic (exact) mass is 268 g/mol. The van der Waals surface area contributed by atoms with Crippen molar-refractivity contribution in [2.24, 2.45) is 5.73 Å². The first-order chi connectivity index (χ1) is 7.22. The summed E-state index contributed by atoms with van der Waals surface area (Å²) in [6, 6.07) is 5.45.